The van der Waals surface area contributed by atoms with Crippen LogP contribution in [-0.2, 0) is 6.54 Å². The van der Waals surface area contributed by atoms with Crippen molar-refractivity contribution < 1.29 is 0 Å². The highest BCUT2D eigenvalue weighted by atomic mass is 15.1. The molecular formula is C30H28N2. The number of rotatable bonds is 6. The first-order valence-electron chi connectivity index (χ1n) is 11.3. The molecule has 0 aliphatic carbocycles. The molecule has 5 aromatic rings. The average Bonchev–Trinajstić information content (AvgIpc) is 3.19. The molecule has 0 spiro atoms. The van der Waals surface area contributed by atoms with Gasteiger partial charge in [0.2, 0.25) is 0 Å². The Balaban J connectivity index is 1.67. The van der Waals surface area contributed by atoms with Crippen LogP contribution in [0.25, 0.3) is 11.0 Å². The minimum atomic E-state index is 0.0692. The van der Waals surface area contributed by atoms with Crippen molar-refractivity contribution in [2.45, 2.75) is 32.2 Å². The van der Waals surface area contributed by atoms with Gasteiger partial charge in [-0.05, 0) is 40.3 Å². The van der Waals surface area contributed by atoms with Crippen molar-refractivity contribution in [2.24, 2.45) is 0 Å². The van der Waals surface area contributed by atoms with Gasteiger partial charge in [-0.25, -0.2) is 4.98 Å². The zero-order valence-electron chi connectivity index (χ0n) is 18.6. The second kappa shape index (κ2) is 8.84. The minimum Gasteiger partial charge on any atom is -0.323 e. The van der Waals surface area contributed by atoms with Crippen LogP contribution in [-0.4, -0.2) is 9.55 Å². The molecule has 0 radical (unpaired) electrons. The van der Waals surface area contributed by atoms with Gasteiger partial charge in [-0.2, -0.15) is 0 Å². The Kier molecular flexibility index (Phi) is 5.60. The fraction of sp³-hybridized carbons (Fsp3) is 0.167. The smallest absolute Gasteiger partial charge is 0.122 e. The molecule has 0 aliphatic heterocycles. The molecule has 1 heterocycles. The van der Waals surface area contributed by atoms with Gasteiger partial charge in [0.1, 0.15) is 5.82 Å². The minimum absolute atomic E-state index is 0.0692. The van der Waals surface area contributed by atoms with Crippen molar-refractivity contribution in [3.8, 4) is 0 Å². The number of nitrogens with zero attached hydrogens (tertiary/aromatic N) is 2. The van der Waals surface area contributed by atoms with Crippen molar-refractivity contribution in [1.29, 1.82) is 0 Å². The Morgan fingerprint density at radius 3 is 1.78 bits per heavy atom. The zero-order valence-corrected chi connectivity index (χ0v) is 18.6. The number of hydrogen-bond acceptors (Lipinski definition) is 1. The molecule has 0 amide bonds. The topological polar surface area (TPSA) is 17.8 Å². The van der Waals surface area contributed by atoms with E-state index in [1.807, 2.05) is 0 Å². The maximum absolute atomic E-state index is 5.17. The molecule has 0 fully saturated rings. The van der Waals surface area contributed by atoms with E-state index in [-0.39, 0.29) is 5.92 Å². The monoisotopic (exact) mass is 416 g/mol. The van der Waals surface area contributed by atoms with Crippen molar-refractivity contribution in [3.05, 3.63) is 137 Å². The number of imidazole rings is 1. The van der Waals surface area contributed by atoms with Gasteiger partial charge in [-0.1, -0.05) is 111 Å². The van der Waals surface area contributed by atoms with E-state index in [4.69, 9.17) is 4.98 Å². The Hall–Kier alpha value is -3.65. The molecule has 32 heavy (non-hydrogen) atoms. The summed E-state index contributed by atoms with van der Waals surface area (Å²) in [7, 11) is 0. The highest BCUT2D eigenvalue weighted by molar-refractivity contribution is 5.76. The predicted octanol–water partition coefficient (Wildman–Crippen LogP) is 7.39. The average molecular weight is 417 g/mol. The highest BCUT2D eigenvalue weighted by Gasteiger charge is 2.23. The highest BCUT2D eigenvalue weighted by Crippen LogP contribution is 2.34. The van der Waals surface area contributed by atoms with Gasteiger partial charge in [-0.15, -0.1) is 0 Å². The van der Waals surface area contributed by atoms with Crippen LogP contribution < -0.4 is 0 Å². The van der Waals surface area contributed by atoms with Crippen molar-refractivity contribution in [3.63, 3.8) is 0 Å². The number of para-hydroxylation sites is 2. The van der Waals surface area contributed by atoms with Crippen LogP contribution >= 0.6 is 0 Å². The molecule has 0 aliphatic rings. The molecule has 5 rings (SSSR count). The summed E-state index contributed by atoms with van der Waals surface area (Å²) in [5, 5.41) is 0. The van der Waals surface area contributed by atoms with Crippen LogP contribution in [0.3, 0.4) is 0 Å². The number of benzene rings is 4. The van der Waals surface area contributed by atoms with Crippen LogP contribution in [0.15, 0.2) is 109 Å². The Morgan fingerprint density at radius 1 is 0.625 bits per heavy atom. The van der Waals surface area contributed by atoms with E-state index in [1.165, 1.54) is 27.8 Å². The van der Waals surface area contributed by atoms with Crippen LogP contribution in [0.5, 0.6) is 0 Å². The lowest BCUT2D eigenvalue weighted by Crippen LogP contribution is -2.13. The molecule has 158 valence electrons. The van der Waals surface area contributed by atoms with Gasteiger partial charge in [0.15, 0.2) is 0 Å². The molecule has 0 saturated heterocycles. The fourth-order valence-electron chi connectivity index (χ4n) is 4.45. The van der Waals surface area contributed by atoms with E-state index >= 15 is 0 Å². The zero-order chi connectivity index (χ0) is 21.9. The summed E-state index contributed by atoms with van der Waals surface area (Å²) < 4.78 is 2.39. The maximum Gasteiger partial charge on any atom is 0.122 e. The van der Waals surface area contributed by atoms with Crippen LogP contribution in [0.1, 0.15) is 53.8 Å². The van der Waals surface area contributed by atoms with Crippen molar-refractivity contribution in [2.75, 3.05) is 0 Å². The number of aromatic nitrogens is 2. The van der Waals surface area contributed by atoms with E-state index in [2.05, 4.69) is 128 Å². The first-order chi connectivity index (χ1) is 15.7. The Labute approximate surface area is 190 Å². The number of fused-ring (bicyclic) bond motifs is 1. The third kappa shape index (κ3) is 3.97. The van der Waals surface area contributed by atoms with Crippen LogP contribution in [0.2, 0.25) is 0 Å². The van der Waals surface area contributed by atoms with E-state index in [0.29, 0.717) is 5.92 Å². The summed E-state index contributed by atoms with van der Waals surface area (Å²) in [4.78, 5) is 5.17. The molecule has 1 aromatic heterocycles. The van der Waals surface area contributed by atoms with Gasteiger partial charge in [-0.3, -0.25) is 0 Å². The van der Waals surface area contributed by atoms with Gasteiger partial charge in [0.25, 0.3) is 0 Å². The maximum atomic E-state index is 5.17. The molecule has 0 saturated carbocycles. The Morgan fingerprint density at radius 2 is 1.19 bits per heavy atom. The summed E-state index contributed by atoms with van der Waals surface area (Å²) in [6.45, 7) is 5.27. The van der Waals surface area contributed by atoms with E-state index in [9.17, 15) is 0 Å². The quantitative estimate of drug-likeness (QED) is 0.282. The summed E-state index contributed by atoms with van der Waals surface area (Å²) >= 11 is 0. The van der Waals surface area contributed by atoms with Crippen LogP contribution in [0, 0.1) is 0 Å². The summed E-state index contributed by atoms with van der Waals surface area (Å²) in [6, 6.07) is 38.9. The van der Waals surface area contributed by atoms with Gasteiger partial charge < -0.3 is 4.57 Å². The first kappa shape index (κ1) is 20.3. The largest absolute Gasteiger partial charge is 0.323 e. The number of hydrogen-bond donors (Lipinski definition) is 0. The standard InChI is InChI=1S/C30H28N2/c1-22(2)24-19-17-23(18-20-24)21-32-28-16-10-9-15-27(28)31-30(32)29(25-11-5-3-6-12-25)26-13-7-4-8-14-26/h3-20,22,29H,21H2,1-2H3. The molecule has 2 nitrogen and oxygen atoms in total. The molecule has 2 heteroatoms. The van der Waals surface area contributed by atoms with Crippen molar-refractivity contribution >= 4 is 11.0 Å². The Bertz CT molecular complexity index is 1260. The summed E-state index contributed by atoms with van der Waals surface area (Å²) in [5.41, 5.74) is 7.39. The third-order valence-electron chi connectivity index (χ3n) is 6.20. The van der Waals surface area contributed by atoms with E-state index in [1.54, 1.807) is 0 Å². The van der Waals surface area contributed by atoms with Gasteiger partial charge >= 0.3 is 0 Å². The predicted molar refractivity (Wildman–Crippen MR) is 133 cm³/mol. The normalized spacial score (nSPS) is 11.5. The lowest BCUT2D eigenvalue weighted by atomic mass is 9.90. The summed E-state index contributed by atoms with van der Waals surface area (Å²) in [5.74, 6) is 1.69. The first-order valence-corrected chi connectivity index (χ1v) is 11.3. The van der Waals surface area contributed by atoms with Gasteiger partial charge in [0.05, 0.1) is 17.0 Å². The third-order valence-corrected chi connectivity index (χ3v) is 6.20. The van der Waals surface area contributed by atoms with E-state index in [0.717, 1.165) is 17.9 Å². The van der Waals surface area contributed by atoms with Gasteiger partial charge in [0, 0.05) is 6.54 Å². The second-order valence-corrected chi connectivity index (χ2v) is 8.70. The lowest BCUT2D eigenvalue weighted by molar-refractivity contribution is 0.722. The van der Waals surface area contributed by atoms with Crippen LogP contribution in [0.4, 0.5) is 0 Å². The van der Waals surface area contributed by atoms with Crippen molar-refractivity contribution in [1.82, 2.24) is 9.55 Å². The molecular weight excluding hydrogens is 388 g/mol. The second-order valence-electron chi connectivity index (χ2n) is 8.70. The molecule has 0 bridgehead atoms. The molecule has 0 atom stereocenters. The molecule has 4 aromatic carbocycles. The fourth-order valence-corrected chi connectivity index (χ4v) is 4.45. The molecule has 0 unspecified atom stereocenters. The summed E-state index contributed by atoms with van der Waals surface area (Å²) in [6.07, 6.45) is 0. The lowest BCUT2D eigenvalue weighted by Gasteiger charge is -2.20. The van der Waals surface area contributed by atoms with E-state index < -0.39 is 0 Å². The molecule has 0 N–H and O–H groups in total. The SMILES string of the molecule is CC(C)c1ccc(Cn2c(C(c3ccccc3)c3ccccc3)nc3ccccc32)cc1.